The summed E-state index contributed by atoms with van der Waals surface area (Å²) in [4.78, 5) is 0. The molecule has 4 nitrogen and oxygen atoms in total. The van der Waals surface area contributed by atoms with Crippen molar-refractivity contribution in [2.24, 2.45) is 0 Å². The van der Waals surface area contributed by atoms with E-state index in [1.54, 1.807) is 7.11 Å². The second kappa shape index (κ2) is 5.34. The minimum atomic E-state index is 0.242. The molecule has 0 fully saturated rings. The van der Waals surface area contributed by atoms with Crippen molar-refractivity contribution in [3.8, 4) is 16.9 Å². The van der Waals surface area contributed by atoms with Crippen LogP contribution in [0.15, 0.2) is 22.7 Å². The van der Waals surface area contributed by atoms with E-state index in [4.69, 9.17) is 15.0 Å². The summed E-state index contributed by atoms with van der Waals surface area (Å²) in [6.07, 6.45) is 0.958. The molecule has 102 valence electrons. The Morgan fingerprint density at radius 1 is 1.37 bits per heavy atom. The molecular weight excluding hydrogens is 240 g/mol. The fraction of sp³-hybridized carbons (Fsp3) is 0.400. The van der Waals surface area contributed by atoms with Crippen LogP contribution in [-0.2, 0) is 6.42 Å². The lowest BCUT2D eigenvalue weighted by Crippen LogP contribution is -1.96. The molecule has 1 aromatic carbocycles. The Bertz CT molecular complexity index is 574. The zero-order valence-corrected chi connectivity index (χ0v) is 11.9. The average molecular weight is 260 g/mol. The first-order valence-electron chi connectivity index (χ1n) is 6.50. The summed E-state index contributed by atoms with van der Waals surface area (Å²) in [5.41, 5.74) is 9.83. The molecule has 0 aliphatic carbocycles. The molecule has 0 radical (unpaired) electrons. The van der Waals surface area contributed by atoms with Gasteiger partial charge < -0.3 is 15.0 Å². The van der Waals surface area contributed by atoms with Crippen molar-refractivity contribution in [2.75, 3.05) is 12.8 Å². The average Bonchev–Trinajstić information content (AvgIpc) is 2.80. The molecule has 0 unspecified atom stereocenters. The van der Waals surface area contributed by atoms with Crippen LogP contribution in [0.3, 0.4) is 0 Å². The Morgan fingerprint density at radius 2 is 2.11 bits per heavy atom. The summed E-state index contributed by atoms with van der Waals surface area (Å²) >= 11 is 0. The van der Waals surface area contributed by atoms with Crippen LogP contribution < -0.4 is 10.5 Å². The Labute approximate surface area is 113 Å². The maximum absolute atomic E-state index is 5.94. The number of anilines is 1. The molecule has 2 aromatic rings. The molecule has 0 amide bonds. The number of methoxy groups -OCH3 is 1. The Morgan fingerprint density at radius 3 is 2.68 bits per heavy atom. The van der Waals surface area contributed by atoms with Crippen LogP contribution in [0.25, 0.3) is 11.1 Å². The monoisotopic (exact) mass is 260 g/mol. The molecular formula is C15H20N2O2. The van der Waals surface area contributed by atoms with Gasteiger partial charge in [0.05, 0.1) is 18.4 Å². The second-order valence-corrected chi connectivity index (χ2v) is 4.85. The van der Waals surface area contributed by atoms with Gasteiger partial charge in [0.25, 0.3) is 0 Å². The molecule has 2 N–H and O–H groups in total. The first-order valence-corrected chi connectivity index (χ1v) is 6.50. The topological polar surface area (TPSA) is 61.3 Å². The van der Waals surface area contributed by atoms with Gasteiger partial charge in [-0.25, -0.2) is 0 Å². The standard InChI is InChI=1S/C15H20N2O2/c1-5-10-6-7-12(18-4)11(8-10)13-14(9(2)3)17-19-15(13)16/h6-9H,5,16H2,1-4H3. The van der Waals surface area contributed by atoms with Crippen molar-refractivity contribution >= 4 is 5.88 Å². The van der Waals surface area contributed by atoms with Crippen LogP contribution in [0, 0.1) is 0 Å². The first kappa shape index (κ1) is 13.5. The maximum atomic E-state index is 5.94. The molecule has 0 saturated heterocycles. The van der Waals surface area contributed by atoms with Crippen molar-refractivity contribution in [2.45, 2.75) is 33.1 Å². The third-order valence-corrected chi connectivity index (χ3v) is 3.23. The van der Waals surface area contributed by atoms with E-state index in [2.05, 4.69) is 38.1 Å². The highest BCUT2D eigenvalue weighted by molar-refractivity contribution is 5.80. The maximum Gasteiger partial charge on any atom is 0.230 e. The quantitative estimate of drug-likeness (QED) is 0.912. The largest absolute Gasteiger partial charge is 0.496 e. The summed E-state index contributed by atoms with van der Waals surface area (Å²) in [5.74, 6) is 1.37. The number of nitrogens with zero attached hydrogens (tertiary/aromatic N) is 1. The van der Waals surface area contributed by atoms with E-state index >= 15 is 0 Å². The molecule has 0 aliphatic rings. The number of benzene rings is 1. The van der Waals surface area contributed by atoms with Gasteiger partial charge in [0.2, 0.25) is 5.88 Å². The number of nitrogens with two attached hydrogens (primary N) is 1. The number of hydrogen-bond acceptors (Lipinski definition) is 4. The van der Waals surface area contributed by atoms with Gasteiger partial charge in [0, 0.05) is 5.56 Å². The van der Waals surface area contributed by atoms with Gasteiger partial charge in [0.15, 0.2) is 0 Å². The fourth-order valence-electron chi connectivity index (χ4n) is 2.15. The number of rotatable bonds is 4. The smallest absolute Gasteiger partial charge is 0.230 e. The Hall–Kier alpha value is -1.97. The molecule has 0 atom stereocenters. The molecule has 0 spiro atoms. The Kier molecular flexibility index (Phi) is 3.79. The van der Waals surface area contributed by atoms with Crippen molar-refractivity contribution in [3.63, 3.8) is 0 Å². The third-order valence-electron chi connectivity index (χ3n) is 3.23. The molecule has 0 bridgehead atoms. The molecule has 1 heterocycles. The van der Waals surface area contributed by atoms with Crippen molar-refractivity contribution in [1.82, 2.24) is 5.16 Å². The van der Waals surface area contributed by atoms with E-state index in [0.717, 1.165) is 29.0 Å². The van der Waals surface area contributed by atoms with Crippen LogP contribution in [0.2, 0.25) is 0 Å². The van der Waals surface area contributed by atoms with Gasteiger partial charge >= 0.3 is 0 Å². The van der Waals surface area contributed by atoms with Gasteiger partial charge in [-0.2, -0.15) is 0 Å². The lowest BCUT2D eigenvalue weighted by Gasteiger charge is -2.11. The fourth-order valence-corrected chi connectivity index (χ4v) is 2.15. The van der Waals surface area contributed by atoms with E-state index in [0.29, 0.717) is 5.88 Å². The molecule has 4 heteroatoms. The number of aryl methyl sites for hydroxylation is 1. The SMILES string of the molecule is CCc1ccc(OC)c(-c2c(C(C)C)noc2N)c1. The van der Waals surface area contributed by atoms with E-state index in [9.17, 15) is 0 Å². The van der Waals surface area contributed by atoms with Crippen molar-refractivity contribution in [3.05, 3.63) is 29.5 Å². The first-order chi connectivity index (χ1) is 9.08. The third kappa shape index (κ3) is 2.43. The summed E-state index contributed by atoms with van der Waals surface area (Å²) in [6, 6.07) is 6.11. The predicted molar refractivity (Wildman–Crippen MR) is 76.4 cm³/mol. The summed E-state index contributed by atoms with van der Waals surface area (Å²) in [5, 5.41) is 4.07. The van der Waals surface area contributed by atoms with Crippen LogP contribution in [0.4, 0.5) is 5.88 Å². The zero-order chi connectivity index (χ0) is 14.0. The van der Waals surface area contributed by atoms with Gasteiger partial charge in [-0.05, 0) is 30.0 Å². The lowest BCUT2D eigenvalue weighted by atomic mass is 9.96. The molecule has 1 aromatic heterocycles. The summed E-state index contributed by atoms with van der Waals surface area (Å²) < 4.78 is 10.6. The molecule has 2 rings (SSSR count). The second-order valence-electron chi connectivity index (χ2n) is 4.85. The normalized spacial score (nSPS) is 11.0. The molecule has 19 heavy (non-hydrogen) atoms. The van der Waals surface area contributed by atoms with Crippen LogP contribution in [0.5, 0.6) is 5.75 Å². The lowest BCUT2D eigenvalue weighted by molar-refractivity contribution is 0.416. The molecule has 0 saturated carbocycles. The summed E-state index contributed by atoms with van der Waals surface area (Å²) in [6.45, 7) is 6.25. The van der Waals surface area contributed by atoms with Gasteiger partial charge in [-0.1, -0.05) is 32.0 Å². The van der Waals surface area contributed by atoms with E-state index in [-0.39, 0.29) is 5.92 Å². The van der Waals surface area contributed by atoms with Crippen LogP contribution in [0.1, 0.15) is 37.9 Å². The minimum Gasteiger partial charge on any atom is -0.496 e. The zero-order valence-electron chi connectivity index (χ0n) is 11.9. The van der Waals surface area contributed by atoms with Crippen molar-refractivity contribution in [1.29, 1.82) is 0 Å². The van der Waals surface area contributed by atoms with Gasteiger partial charge in [0.1, 0.15) is 5.75 Å². The van der Waals surface area contributed by atoms with Crippen LogP contribution in [-0.4, -0.2) is 12.3 Å². The number of ether oxygens (including phenoxy) is 1. The predicted octanol–water partition coefficient (Wildman–Crippen LogP) is 3.62. The van der Waals surface area contributed by atoms with E-state index in [1.165, 1.54) is 5.56 Å². The van der Waals surface area contributed by atoms with Crippen molar-refractivity contribution < 1.29 is 9.26 Å². The Balaban J connectivity index is 2.66. The molecule has 0 aliphatic heterocycles. The van der Waals surface area contributed by atoms with E-state index < -0.39 is 0 Å². The van der Waals surface area contributed by atoms with Gasteiger partial charge in [-0.3, -0.25) is 0 Å². The number of aromatic nitrogens is 1. The highest BCUT2D eigenvalue weighted by atomic mass is 16.5. The summed E-state index contributed by atoms with van der Waals surface area (Å²) in [7, 11) is 1.66. The van der Waals surface area contributed by atoms with Gasteiger partial charge in [-0.15, -0.1) is 0 Å². The highest BCUT2D eigenvalue weighted by Crippen LogP contribution is 2.39. The highest BCUT2D eigenvalue weighted by Gasteiger charge is 2.21. The number of hydrogen-bond donors (Lipinski definition) is 1. The van der Waals surface area contributed by atoms with Crippen LogP contribution >= 0.6 is 0 Å². The minimum absolute atomic E-state index is 0.242. The van der Waals surface area contributed by atoms with E-state index in [1.807, 2.05) is 6.07 Å². The number of nitrogen functional groups attached to an aromatic ring is 1.